The molecule has 10 nitrogen and oxygen atoms in total. The second kappa shape index (κ2) is 13.1. The Labute approximate surface area is 234 Å². The van der Waals surface area contributed by atoms with Gasteiger partial charge in [-0.05, 0) is 43.5 Å². The molecule has 3 amide bonds. The molecule has 0 spiro atoms. The molecule has 2 aromatic rings. The fraction of sp³-hybridized carbons (Fsp3) is 0.467. The topological polar surface area (TPSA) is 135 Å². The summed E-state index contributed by atoms with van der Waals surface area (Å²) in [7, 11) is 1.56. The van der Waals surface area contributed by atoms with Gasteiger partial charge in [0.2, 0.25) is 17.7 Å². The second-order valence-corrected chi connectivity index (χ2v) is 10.6. The van der Waals surface area contributed by atoms with Crippen LogP contribution in [0.3, 0.4) is 0 Å². The van der Waals surface area contributed by atoms with Gasteiger partial charge < -0.3 is 30.2 Å². The third-order valence-electron chi connectivity index (χ3n) is 7.20. The standard InChI is InChI=1S/C30H37N3O7/c1-19(31-26(34)15-22-16-39-17-22)28(36)33-25(14-21-9-11-23(38-3)12-10-21)29(37)32-24(27(35)30(2)18-40-30)13-20-7-5-4-6-8-20/h4-12,19,22,24-25H,13-18H2,1-3H3,(H,31,34)(H,32,37)(H,33,36)/t19-,24-,25-,30+/m0/s1. The molecule has 3 N–H and O–H groups in total. The van der Waals surface area contributed by atoms with Crippen LogP contribution in [0.15, 0.2) is 54.6 Å². The van der Waals surface area contributed by atoms with Crippen LogP contribution < -0.4 is 20.7 Å². The van der Waals surface area contributed by atoms with Crippen molar-refractivity contribution in [2.24, 2.45) is 5.92 Å². The minimum Gasteiger partial charge on any atom is -0.497 e. The molecule has 0 aromatic heterocycles. The summed E-state index contributed by atoms with van der Waals surface area (Å²) in [6, 6.07) is 13.8. The first-order valence-corrected chi connectivity index (χ1v) is 13.5. The maximum absolute atomic E-state index is 13.7. The van der Waals surface area contributed by atoms with E-state index in [4.69, 9.17) is 14.2 Å². The largest absolute Gasteiger partial charge is 0.497 e. The lowest BCUT2D eigenvalue weighted by Gasteiger charge is -2.27. The van der Waals surface area contributed by atoms with Gasteiger partial charge in [0.15, 0.2) is 5.78 Å². The van der Waals surface area contributed by atoms with Crippen molar-refractivity contribution >= 4 is 23.5 Å². The summed E-state index contributed by atoms with van der Waals surface area (Å²) in [6.45, 7) is 4.63. The van der Waals surface area contributed by atoms with Crippen molar-refractivity contribution in [3.05, 3.63) is 65.7 Å². The average Bonchev–Trinajstić information content (AvgIpc) is 3.68. The highest BCUT2D eigenvalue weighted by atomic mass is 16.6. The van der Waals surface area contributed by atoms with Crippen LogP contribution in [0.2, 0.25) is 0 Å². The maximum Gasteiger partial charge on any atom is 0.243 e. The monoisotopic (exact) mass is 551 g/mol. The summed E-state index contributed by atoms with van der Waals surface area (Å²) in [6.07, 6.45) is 0.726. The van der Waals surface area contributed by atoms with Crippen molar-refractivity contribution in [1.29, 1.82) is 0 Å². The first-order valence-electron chi connectivity index (χ1n) is 13.5. The van der Waals surface area contributed by atoms with Crippen LogP contribution >= 0.6 is 0 Å². The number of ether oxygens (including phenoxy) is 3. The molecule has 40 heavy (non-hydrogen) atoms. The second-order valence-electron chi connectivity index (χ2n) is 10.6. The lowest BCUT2D eigenvalue weighted by atomic mass is 9.94. The highest BCUT2D eigenvalue weighted by molar-refractivity contribution is 5.98. The predicted octanol–water partition coefficient (Wildman–Crippen LogP) is 1.35. The fourth-order valence-corrected chi connectivity index (χ4v) is 4.48. The molecule has 2 aromatic carbocycles. The number of carbonyl (C=O) groups is 4. The number of benzene rings is 2. The summed E-state index contributed by atoms with van der Waals surface area (Å²) in [5.41, 5.74) is 0.729. The minimum absolute atomic E-state index is 0.153. The van der Waals surface area contributed by atoms with Crippen LogP contribution in [-0.2, 0) is 41.5 Å². The smallest absolute Gasteiger partial charge is 0.243 e. The Hall–Kier alpha value is -3.76. The van der Waals surface area contributed by atoms with E-state index in [1.807, 2.05) is 42.5 Å². The van der Waals surface area contributed by atoms with Crippen molar-refractivity contribution in [2.75, 3.05) is 26.9 Å². The normalized spacial score (nSPS) is 20.3. The van der Waals surface area contributed by atoms with E-state index in [0.29, 0.717) is 25.6 Å². The van der Waals surface area contributed by atoms with E-state index < -0.39 is 35.5 Å². The van der Waals surface area contributed by atoms with Crippen molar-refractivity contribution in [3.8, 4) is 5.75 Å². The van der Waals surface area contributed by atoms with Gasteiger partial charge >= 0.3 is 0 Å². The predicted molar refractivity (Wildman–Crippen MR) is 147 cm³/mol. The van der Waals surface area contributed by atoms with Gasteiger partial charge in [0, 0.05) is 18.8 Å². The zero-order chi connectivity index (χ0) is 28.7. The minimum atomic E-state index is -1.00. The van der Waals surface area contributed by atoms with Gasteiger partial charge in [0.1, 0.15) is 23.4 Å². The van der Waals surface area contributed by atoms with Gasteiger partial charge in [-0.3, -0.25) is 19.2 Å². The van der Waals surface area contributed by atoms with E-state index in [9.17, 15) is 19.2 Å². The number of methoxy groups -OCH3 is 1. The zero-order valence-corrected chi connectivity index (χ0v) is 23.1. The van der Waals surface area contributed by atoms with E-state index >= 15 is 0 Å². The van der Waals surface area contributed by atoms with E-state index in [2.05, 4.69) is 16.0 Å². The highest BCUT2D eigenvalue weighted by Gasteiger charge is 2.50. The quantitative estimate of drug-likeness (QED) is 0.302. The molecule has 4 atom stereocenters. The van der Waals surface area contributed by atoms with Crippen LogP contribution in [0.25, 0.3) is 0 Å². The number of rotatable bonds is 14. The van der Waals surface area contributed by atoms with Crippen LogP contribution in [0.1, 0.15) is 31.4 Å². The maximum atomic E-state index is 13.7. The first kappa shape index (κ1) is 29.2. The Morgan fingerprint density at radius 1 is 0.900 bits per heavy atom. The third kappa shape index (κ3) is 7.89. The van der Waals surface area contributed by atoms with Gasteiger partial charge in [0.05, 0.1) is 33.0 Å². The molecule has 0 saturated carbocycles. The molecule has 2 aliphatic heterocycles. The summed E-state index contributed by atoms with van der Waals surface area (Å²) in [4.78, 5) is 52.4. The molecule has 2 heterocycles. The SMILES string of the molecule is COc1ccc(C[C@H](NC(=O)[C@H](C)NC(=O)CC2COC2)C(=O)N[C@@H](Cc2ccccc2)C(=O)[C@@]2(C)CO2)cc1. The number of hydrogen-bond donors (Lipinski definition) is 3. The van der Waals surface area contributed by atoms with E-state index in [-0.39, 0.29) is 36.9 Å². The first-order chi connectivity index (χ1) is 19.2. The number of carbonyl (C=O) groups excluding carboxylic acids is 4. The van der Waals surface area contributed by atoms with Crippen LogP contribution in [0, 0.1) is 5.92 Å². The van der Waals surface area contributed by atoms with Crippen LogP contribution in [-0.4, -0.2) is 74.2 Å². The molecule has 2 fully saturated rings. The third-order valence-corrected chi connectivity index (χ3v) is 7.20. The number of amides is 3. The van der Waals surface area contributed by atoms with Gasteiger partial charge in [0.25, 0.3) is 0 Å². The Balaban J connectivity index is 1.48. The number of ketones is 1. The molecular weight excluding hydrogens is 514 g/mol. The van der Waals surface area contributed by atoms with E-state index in [0.717, 1.165) is 11.1 Å². The van der Waals surface area contributed by atoms with Crippen molar-refractivity contribution in [3.63, 3.8) is 0 Å². The van der Waals surface area contributed by atoms with Crippen molar-refractivity contribution in [2.45, 2.75) is 56.8 Å². The molecule has 0 bridgehead atoms. The molecular formula is C30H37N3O7. The molecule has 2 aliphatic rings. The summed E-state index contributed by atoms with van der Waals surface area (Å²) in [5.74, 6) is -0.672. The van der Waals surface area contributed by atoms with Gasteiger partial charge in [-0.25, -0.2) is 0 Å². The summed E-state index contributed by atoms with van der Waals surface area (Å²) >= 11 is 0. The molecule has 4 rings (SSSR count). The fourth-order valence-electron chi connectivity index (χ4n) is 4.48. The Bertz CT molecular complexity index is 1190. The Morgan fingerprint density at radius 2 is 1.50 bits per heavy atom. The molecule has 0 unspecified atom stereocenters. The zero-order valence-electron chi connectivity index (χ0n) is 23.1. The summed E-state index contributed by atoms with van der Waals surface area (Å²) < 4.78 is 15.7. The lowest BCUT2D eigenvalue weighted by Crippen LogP contribution is -2.57. The molecule has 10 heteroatoms. The Morgan fingerprint density at radius 3 is 2.08 bits per heavy atom. The van der Waals surface area contributed by atoms with Gasteiger partial charge in [-0.2, -0.15) is 0 Å². The van der Waals surface area contributed by atoms with Crippen molar-refractivity contribution in [1.82, 2.24) is 16.0 Å². The number of Topliss-reactive ketones (excluding diaryl/α,β-unsaturated/α-hetero) is 1. The van der Waals surface area contributed by atoms with Crippen molar-refractivity contribution < 1.29 is 33.4 Å². The summed E-state index contributed by atoms with van der Waals surface area (Å²) in [5, 5.41) is 8.35. The van der Waals surface area contributed by atoms with E-state index in [1.165, 1.54) is 0 Å². The average molecular weight is 552 g/mol. The lowest BCUT2D eigenvalue weighted by molar-refractivity contribution is -0.134. The number of epoxide rings is 1. The molecule has 0 aliphatic carbocycles. The number of nitrogens with one attached hydrogen (secondary N) is 3. The van der Waals surface area contributed by atoms with Crippen LogP contribution in [0.4, 0.5) is 0 Å². The van der Waals surface area contributed by atoms with Gasteiger partial charge in [-0.1, -0.05) is 42.5 Å². The molecule has 0 radical (unpaired) electrons. The van der Waals surface area contributed by atoms with Gasteiger partial charge in [-0.15, -0.1) is 0 Å². The Kier molecular flexibility index (Phi) is 9.54. The van der Waals surface area contributed by atoms with E-state index in [1.54, 1.807) is 33.1 Å². The molecule has 214 valence electrons. The number of hydrogen-bond acceptors (Lipinski definition) is 7. The highest BCUT2D eigenvalue weighted by Crippen LogP contribution is 2.29. The van der Waals surface area contributed by atoms with Crippen LogP contribution in [0.5, 0.6) is 5.75 Å². The molecule has 2 saturated heterocycles.